The van der Waals surface area contributed by atoms with Gasteiger partial charge in [0.25, 0.3) is 0 Å². The molecule has 8 nitrogen and oxygen atoms in total. The highest BCUT2D eigenvalue weighted by molar-refractivity contribution is 5.81. The number of carbonyl (C=O) groups excluding carboxylic acids is 3. The third-order valence-corrected chi connectivity index (χ3v) is 6.18. The third kappa shape index (κ3) is 10.4. The summed E-state index contributed by atoms with van der Waals surface area (Å²) in [6.07, 6.45) is 13.9. The Morgan fingerprint density at radius 2 is 1.20 bits per heavy atom. The van der Waals surface area contributed by atoms with Crippen LogP contribution in [-0.4, -0.2) is 59.5 Å². The van der Waals surface area contributed by atoms with Gasteiger partial charge in [-0.2, -0.15) is 0 Å². The molecule has 0 aromatic rings. The first-order valence-corrected chi connectivity index (χ1v) is 11.8. The van der Waals surface area contributed by atoms with E-state index in [2.05, 4.69) is 10.6 Å². The lowest BCUT2D eigenvalue weighted by Gasteiger charge is -2.27. The molecule has 3 amide bonds. The molecular weight excluding hydrogens is 384 g/mol. The number of nitrogens with one attached hydrogen (secondary N) is 3. The first-order valence-electron chi connectivity index (χ1n) is 11.8. The van der Waals surface area contributed by atoms with Gasteiger partial charge in [0, 0.05) is 18.5 Å². The van der Waals surface area contributed by atoms with E-state index in [0.29, 0.717) is 13.0 Å². The maximum absolute atomic E-state index is 12.5. The molecule has 0 spiro atoms. The number of nitrogens with zero attached hydrogens (tertiary/aromatic N) is 1. The second-order valence-electron chi connectivity index (χ2n) is 8.86. The van der Waals surface area contributed by atoms with Crippen LogP contribution in [0, 0.1) is 0 Å². The fraction of sp³-hybridized carbons (Fsp3) is 0.864. The highest BCUT2D eigenvalue weighted by Crippen LogP contribution is 2.18. The lowest BCUT2D eigenvalue weighted by molar-refractivity contribution is -0.129. The molecule has 0 heterocycles. The Labute approximate surface area is 180 Å². The van der Waals surface area contributed by atoms with Crippen LogP contribution in [-0.2, 0) is 14.4 Å². The summed E-state index contributed by atoms with van der Waals surface area (Å²) in [7, 11) is 0. The van der Waals surface area contributed by atoms with E-state index >= 15 is 0 Å². The van der Waals surface area contributed by atoms with Crippen molar-refractivity contribution in [3.8, 4) is 0 Å². The van der Waals surface area contributed by atoms with Crippen LogP contribution in [0.4, 0.5) is 0 Å². The van der Waals surface area contributed by atoms with Crippen molar-refractivity contribution in [2.45, 2.75) is 102 Å². The fourth-order valence-corrected chi connectivity index (χ4v) is 4.51. The molecule has 0 aromatic heterocycles. The Hall–Kier alpha value is -1.67. The topological polar surface area (TPSA) is 111 Å². The molecule has 2 fully saturated rings. The highest BCUT2D eigenvalue weighted by Gasteiger charge is 2.21. The van der Waals surface area contributed by atoms with Gasteiger partial charge in [-0.3, -0.25) is 24.5 Å². The molecule has 2 rings (SSSR count). The Morgan fingerprint density at radius 1 is 0.700 bits per heavy atom. The summed E-state index contributed by atoms with van der Waals surface area (Å²) in [5.74, 6) is -0.398. The monoisotopic (exact) mass is 424 g/mol. The van der Waals surface area contributed by atoms with E-state index in [1.165, 1.54) is 38.5 Å². The first kappa shape index (κ1) is 24.6. The molecule has 0 aromatic carbocycles. The Bertz CT molecular complexity index is 497. The average Bonchev–Trinajstić information content (AvgIpc) is 2.74. The SMILES string of the molecule is O=C(CCCCCN(CC(=O)NC1CCCCC1)CC(=O)NC1CCCCC1)NO. The van der Waals surface area contributed by atoms with E-state index in [1.807, 2.05) is 4.90 Å². The minimum atomic E-state index is -0.384. The highest BCUT2D eigenvalue weighted by atomic mass is 16.5. The summed E-state index contributed by atoms with van der Waals surface area (Å²) >= 11 is 0. The number of carbonyl (C=O) groups is 3. The van der Waals surface area contributed by atoms with E-state index in [0.717, 1.165) is 38.5 Å². The van der Waals surface area contributed by atoms with Crippen molar-refractivity contribution in [3.63, 3.8) is 0 Å². The number of rotatable bonds is 12. The Kier molecular flexibility index (Phi) is 11.8. The molecular formula is C22H40N4O4. The van der Waals surface area contributed by atoms with Gasteiger partial charge in [0.15, 0.2) is 0 Å². The van der Waals surface area contributed by atoms with Crippen LogP contribution in [0.25, 0.3) is 0 Å². The summed E-state index contributed by atoms with van der Waals surface area (Å²) in [6, 6.07) is 0.530. The molecule has 8 heteroatoms. The van der Waals surface area contributed by atoms with E-state index in [1.54, 1.807) is 5.48 Å². The minimum absolute atomic E-state index is 0.00738. The van der Waals surface area contributed by atoms with Gasteiger partial charge >= 0.3 is 0 Å². The number of unbranched alkanes of at least 4 members (excludes halogenated alkanes) is 2. The van der Waals surface area contributed by atoms with E-state index in [4.69, 9.17) is 5.21 Å². The van der Waals surface area contributed by atoms with Gasteiger partial charge in [0.1, 0.15) is 0 Å². The van der Waals surface area contributed by atoms with Gasteiger partial charge in [-0.25, -0.2) is 5.48 Å². The molecule has 0 atom stereocenters. The van der Waals surface area contributed by atoms with Gasteiger partial charge in [0.05, 0.1) is 13.1 Å². The van der Waals surface area contributed by atoms with Crippen molar-refractivity contribution in [2.75, 3.05) is 19.6 Å². The van der Waals surface area contributed by atoms with Crippen LogP contribution in [0.1, 0.15) is 89.9 Å². The minimum Gasteiger partial charge on any atom is -0.352 e. The van der Waals surface area contributed by atoms with Crippen molar-refractivity contribution in [2.24, 2.45) is 0 Å². The summed E-state index contributed by atoms with van der Waals surface area (Å²) in [5, 5.41) is 14.8. The predicted octanol–water partition coefficient (Wildman–Crippen LogP) is 2.25. The number of hydrogen-bond donors (Lipinski definition) is 4. The molecule has 0 saturated heterocycles. The number of hydroxylamine groups is 1. The molecule has 0 aliphatic heterocycles. The average molecular weight is 425 g/mol. The zero-order valence-electron chi connectivity index (χ0n) is 18.3. The standard InChI is InChI=1S/C22H40N4O4/c27-20(25-30)14-8-3-9-15-26(16-21(28)23-18-10-4-1-5-11-18)17-22(29)24-19-12-6-2-7-13-19/h18-19,30H,1-17H2,(H,23,28)(H,24,29)(H,25,27). The molecule has 0 bridgehead atoms. The largest absolute Gasteiger partial charge is 0.352 e. The Morgan fingerprint density at radius 3 is 1.67 bits per heavy atom. The summed E-state index contributed by atoms with van der Waals surface area (Å²) in [6.45, 7) is 1.09. The molecule has 0 unspecified atom stereocenters. The van der Waals surface area contributed by atoms with Gasteiger partial charge in [-0.15, -0.1) is 0 Å². The lowest BCUT2D eigenvalue weighted by Crippen LogP contribution is -2.47. The second kappa shape index (κ2) is 14.4. The molecule has 0 radical (unpaired) electrons. The predicted molar refractivity (Wildman–Crippen MR) is 115 cm³/mol. The van der Waals surface area contributed by atoms with Crippen molar-refractivity contribution in [3.05, 3.63) is 0 Å². The smallest absolute Gasteiger partial charge is 0.243 e. The van der Waals surface area contributed by atoms with Gasteiger partial charge in [-0.1, -0.05) is 44.9 Å². The van der Waals surface area contributed by atoms with Crippen molar-refractivity contribution < 1.29 is 19.6 Å². The van der Waals surface area contributed by atoms with Crippen LogP contribution in [0.2, 0.25) is 0 Å². The molecule has 172 valence electrons. The number of hydrogen-bond acceptors (Lipinski definition) is 5. The van der Waals surface area contributed by atoms with Crippen molar-refractivity contribution in [1.29, 1.82) is 0 Å². The van der Waals surface area contributed by atoms with Crippen LogP contribution in [0.15, 0.2) is 0 Å². The molecule has 2 saturated carbocycles. The van der Waals surface area contributed by atoms with Crippen molar-refractivity contribution in [1.82, 2.24) is 21.0 Å². The molecule has 2 aliphatic carbocycles. The van der Waals surface area contributed by atoms with Crippen LogP contribution < -0.4 is 16.1 Å². The van der Waals surface area contributed by atoms with Gasteiger partial charge < -0.3 is 10.6 Å². The summed E-state index contributed by atoms with van der Waals surface area (Å²) < 4.78 is 0. The van der Waals surface area contributed by atoms with Crippen molar-refractivity contribution >= 4 is 17.7 Å². The third-order valence-electron chi connectivity index (χ3n) is 6.18. The molecule has 30 heavy (non-hydrogen) atoms. The van der Waals surface area contributed by atoms with Crippen LogP contribution in [0.5, 0.6) is 0 Å². The maximum atomic E-state index is 12.5. The van der Waals surface area contributed by atoms with Gasteiger partial charge in [-0.05, 0) is 45.1 Å². The first-order chi connectivity index (χ1) is 14.6. The zero-order chi connectivity index (χ0) is 21.6. The Balaban J connectivity index is 1.77. The van der Waals surface area contributed by atoms with Gasteiger partial charge in [0.2, 0.25) is 17.7 Å². The maximum Gasteiger partial charge on any atom is 0.243 e. The number of amides is 3. The van der Waals surface area contributed by atoms with E-state index in [-0.39, 0.29) is 49.3 Å². The van der Waals surface area contributed by atoms with E-state index in [9.17, 15) is 14.4 Å². The molecule has 4 N–H and O–H groups in total. The lowest BCUT2D eigenvalue weighted by atomic mass is 9.95. The zero-order valence-corrected chi connectivity index (χ0v) is 18.3. The quantitative estimate of drug-likeness (QED) is 0.218. The van der Waals surface area contributed by atoms with Crippen LogP contribution in [0.3, 0.4) is 0 Å². The molecule has 2 aliphatic rings. The fourth-order valence-electron chi connectivity index (χ4n) is 4.51. The van der Waals surface area contributed by atoms with Crippen LogP contribution >= 0.6 is 0 Å². The normalized spacial score (nSPS) is 18.2. The summed E-state index contributed by atoms with van der Waals surface area (Å²) in [5.41, 5.74) is 1.64. The summed E-state index contributed by atoms with van der Waals surface area (Å²) in [4.78, 5) is 38.1. The van der Waals surface area contributed by atoms with E-state index < -0.39 is 0 Å². The second-order valence-corrected chi connectivity index (χ2v) is 8.86.